The topological polar surface area (TPSA) is 97.6 Å². The molecule has 8 nitrogen and oxygen atoms in total. The number of aliphatic hydroxyl groups excluding tert-OH is 1. The number of likely N-dealkylation sites (tertiary alicyclic amines) is 1. The molecule has 1 aliphatic rings. The predicted octanol–water partition coefficient (Wildman–Crippen LogP) is 3.35. The van der Waals surface area contributed by atoms with E-state index in [1.54, 1.807) is 67.4 Å². The highest BCUT2D eigenvalue weighted by molar-refractivity contribution is 6.46. The second kappa shape index (κ2) is 9.95. The molecule has 1 aromatic carbocycles. The third kappa shape index (κ3) is 4.69. The minimum Gasteiger partial charge on any atom is -0.507 e. The monoisotopic (exact) mass is 444 g/mol. The van der Waals surface area contributed by atoms with Crippen molar-refractivity contribution in [2.75, 3.05) is 13.2 Å². The first-order chi connectivity index (χ1) is 16.1. The van der Waals surface area contributed by atoms with Crippen LogP contribution in [-0.2, 0) is 16.1 Å². The number of hydrogen-bond donors (Lipinski definition) is 1. The minimum atomic E-state index is -0.724. The second-order valence-electron chi connectivity index (χ2n) is 7.56. The summed E-state index contributed by atoms with van der Waals surface area (Å²) in [6.45, 7) is 4.96. The Labute approximate surface area is 191 Å². The third-order valence-electron chi connectivity index (χ3n) is 5.41. The quantitative estimate of drug-likeness (QED) is 0.235. The summed E-state index contributed by atoms with van der Waals surface area (Å²) in [5.41, 5.74) is 1.13. The molecular weight excluding hydrogens is 420 g/mol. The summed E-state index contributed by atoms with van der Waals surface area (Å²) < 4.78 is 7.38. The zero-order valence-corrected chi connectivity index (χ0v) is 18.0. The van der Waals surface area contributed by atoms with Gasteiger partial charge in [0.15, 0.2) is 0 Å². The lowest BCUT2D eigenvalue weighted by atomic mass is 9.96. The SMILES string of the molecule is C=CCOc1ccc(/C(O)=C2\C(=O)C(=O)N(CCCn3ccnc3)[C@H]2c2cccnc2)cc1. The lowest BCUT2D eigenvalue weighted by Gasteiger charge is -2.25. The van der Waals surface area contributed by atoms with Crippen molar-refractivity contribution >= 4 is 17.4 Å². The summed E-state index contributed by atoms with van der Waals surface area (Å²) in [7, 11) is 0. The Morgan fingerprint density at radius 3 is 2.61 bits per heavy atom. The number of carbonyl (C=O) groups is 2. The van der Waals surface area contributed by atoms with Gasteiger partial charge in [0.25, 0.3) is 11.7 Å². The van der Waals surface area contributed by atoms with Crippen molar-refractivity contribution in [2.24, 2.45) is 0 Å². The van der Waals surface area contributed by atoms with Crippen LogP contribution in [-0.4, -0.2) is 49.4 Å². The molecule has 1 aliphatic heterocycles. The Balaban J connectivity index is 1.66. The van der Waals surface area contributed by atoms with E-state index in [-0.39, 0.29) is 11.3 Å². The van der Waals surface area contributed by atoms with Gasteiger partial charge in [0, 0.05) is 43.4 Å². The van der Waals surface area contributed by atoms with E-state index in [1.807, 2.05) is 10.8 Å². The van der Waals surface area contributed by atoms with Crippen LogP contribution in [0, 0.1) is 0 Å². The summed E-state index contributed by atoms with van der Waals surface area (Å²) in [5, 5.41) is 11.1. The summed E-state index contributed by atoms with van der Waals surface area (Å²) in [4.78, 5) is 35.7. The number of amides is 1. The fourth-order valence-corrected chi connectivity index (χ4v) is 3.86. The molecule has 8 heteroatoms. The molecule has 3 aromatic rings. The third-order valence-corrected chi connectivity index (χ3v) is 5.41. The molecule has 1 fully saturated rings. The molecule has 0 aliphatic carbocycles. The largest absolute Gasteiger partial charge is 0.507 e. The van der Waals surface area contributed by atoms with Gasteiger partial charge in [-0.3, -0.25) is 14.6 Å². The lowest BCUT2D eigenvalue weighted by Crippen LogP contribution is -2.31. The minimum absolute atomic E-state index is 0.0513. The van der Waals surface area contributed by atoms with Gasteiger partial charge in [-0.05, 0) is 42.3 Å². The molecule has 1 saturated heterocycles. The number of aromatic nitrogens is 3. The Morgan fingerprint density at radius 1 is 1.12 bits per heavy atom. The van der Waals surface area contributed by atoms with Crippen molar-refractivity contribution in [1.82, 2.24) is 19.4 Å². The fraction of sp³-hybridized carbons (Fsp3) is 0.200. The van der Waals surface area contributed by atoms with Crippen molar-refractivity contribution in [3.05, 3.63) is 96.9 Å². The number of ketones is 1. The molecule has 0 unspecified atom stereocenters. The summed E-state index contributed by atoms with van der Waals surface area (Å²) in [6.07, 6.45) is 10.7. The highest BCUT2D eigenvalue weighted by atomic mass is 16.5. The molecule has 0 bridgehead atoms. The zero-order chi connectivity index (χ0) is 23.2. The molecule has 1 atom stereocenters. The Hall–Kier alpha value is -4.20. The summed E-state index contributed by atoms with van der Waals surface area (Å²) in [5.74, 6) is -0.970. The number of aryl methyl sites for hydroxylation is 1. The number of benzene rings is 1. The maximum absolute atomic E-state index is 13.0. The number of rotatable bonds is 9. The smallest absolute Gasteiger partial charge is 0.295 e. The number of pyridine rings is 1. The zero-order valence-electron chi connectivity index (χ0n) is 18.0. The van der Waals surface area contributed by atoms with E-state index in [9.17, 15) is 14.7 Å². The number of Topliss-reactive ketones (excluding diaryl/α,β-unsaturated/α-hetero) is 1. The highest BCUT2D eigenvalue weighted by Crippen LogP contribution is 2.39. The first-order valence-corrected chi connectivity index (χ1v) is 10.6. The van der Waals surface area contributed by atoms with E-state index in [4.69, 9.17) is 4.74 Å². The molecule has 168 valence electrons. The molecule has 1 amide bonds. The number of aliphatic hydroxyl groups is 1. The van der Waals surface area contributed by atoms with E-state index in [0.717, 1.165) is 0 Å². The number of carbonyl (C=O) groups excluding carboxylic acids is 2. The molecular formula is C25H24N4O4. The molecule has 0 saturated carbocycles. The highest BCUT2D eigenvalue weighted by Gasteiger charge is 2.45. The van der Waals surface area contributed by atoms with Gasteiger partial charge in [-0.25, -0.2) is 4.98 Å². The Kier molecular flexibility index (Phi) is 6.64. The van der Waals surface area contributed by atoms with Crippen LogP contribution in [0.4, 0.5) is 0 Å². The second-order valence-corrected chi connectivity index (χ2v) is 7.56. The first kappa shape index (κ1) is 22.0. The van der Waals surface area contributed by atoms with Gasteiger partial charge in [0.05, 0.1) is 17.9 Å². The van der Waals surface area contributed by atoms with Crippen LogP contribution in [0.25, 0.3) is 5.76 Å². The van der Waals surface area contributed by atoms with Crippen molar-refractivity contribution in [3.8, 4) is 5.75 Å². The summed E-state index contributed by atoms with van der Waals surface area (Å²) in [6, 6.07) is 9.51. The van der Waals surface area contributed by atoms with E-state index < -0.39 is 17.7 Å². The van der Waals surface area contributed by atoms with E-state index in [2.05, 4.69) is 16.5 Å². The molecule has 0 radical (unpaired) electrons. The average molecular weight is 444 g/mol. The van der Waals surface area contributed by atoms with Gasteiger partial charge in [-0.15, -0.1) is 0 Å². The number of ether oxygens (including phenoxy) is 1. The van der Waals surface area contributed by atoms with Gasteiger partial charge in [0.1, 0.15) is 18.1 Å². The van der Waals surface area contributed by atoms with Crippen LogP contribution in [0.2, 0.25) is 0 Å². The van der Waals surface area contributed by atoms with Gasteiger partial charge in [0.2, 0.25) is 0 Å². The van der Waals surface area contributed by atoms with Crippen molar-refractivity contribution < 1.29 is 19.4 Å². The Morgan fingerprint density at radius 2 is 1.94 bits per heavy atom. The molecule has 2 aromatic heterocycles. The van der Waals surface area contributed by atoms with Crippen LogP contribution in [0.15, 0.2) is 85.7 Å². The van der Waals surface area contributed by atoms with Crippen molar-refractivity contribution in [3.63, 3.8) is 0 Å². The van der Waals surface area contributed by atoms with Crippen molar-refractivity contribution in [2.45, 2.75) is 19.0 Å². The molecule has 0 spiro atoms. The molecule has 33 heavy (non-hydrogen) atoms. The molecule has 1 N–H and O–H groups in total. The van der Waals surface area contributed by atoms with Crippen LogP contribution in [0.1, 0.15) is 23.6 Å². The van der Waals surface area contributed by atoms with Crippen LogP contribution in [0.5, 0.6) is 5.75 Å². The van der Waals surface area contributed by atoms with Crippen LogP contribution in [0.3, 0.4) is 0 Å². The van der Waals surface area contributed by atoms with Crippen LogP contribution >= 0.6 is 0 Å². The van der Waals surface area contributed by atoms with Crippen LogP contribution < -0.4 is 4.74 Å². The maximum atomic E-state index is 13.0. The fourth-order valence-electron chi connectivity index (χ4n) is 3.86. The van der Waals surface area contributed by atoms with E-state index in [1.165, 1.54) is 4.90 Å². The summed E-state index contributed by atoms with van der Waals surface area (Å²) >= 11 is 0. The number of hydrogen-bond acceptors (Lipinski definition) is 6. The Bertz CT molecular complexity index is 1150. The van der Waals surface area contributed by atoms with Gasteiger partial charge in [-0.2, -0.15) is 0 Å². The predicted molar refractivity (Wildman–Crippen MR) is 122 cm³/mol. The van der Waals surface area contributed by atoms with E-state index >= 15 is 0 Å². The normalized spacial score (nSPS) is 17.3. The average Bonchev–Trinajstić information content (AvgIpc) is 3.45. The first-order valence-electron chi connectivity index (χ1n) is 10.6. The standard InChI is InChI=1S/C25H24N4O4/c1-2-15-33-20-8-6-18(7-9-20)23(30)21-22(19-5-3-10-26-16-19)29(25(32)24(21)31)13-4-12-28-14-11-27-17-28/h2-3,5-11,14,16-17,22,30H,1,4,12-13,15H2/b23-21+/t22-/m0/s1. The number of nitrogens with zero attached hydrogens (tertiary/aromatic N) is 4. The van der Waals surface area contributed by atoms with Gasteiger partial charge >= 0.3 is 0 Å². The van der Waals surface area contributed by atoms with Crippen molar-refractivity contribution in [1.29, 1.82) is 0 Å². The van der Waals surface area contributed by atoms with Gasteiger partial charge < -0.3 is 19.3 Å². The molecule has 4 rings (SSSR count). The lowest BCUT2D eigenvalue weighted by molar-refractivity contribution is -0.139. The number of imidazole rings is 1. The van der Waals surface area contributed by atoms with E-state index in [0.29, 0.717) is 43.0 Å². The maximum Gasteiger partial charge on any atom is 0.295 e. The van der Waals surface area contributed by atoms with Gasteiger partial charge in [-0.1, -0.05) is 18.7 Å². The molecule has 3 heterocycles.